The average molecular weight is 430 g/mol. The predicted octanol–water partition coefficient (Wildman–Crippen LogP) is 2.24. The van der Waals surface area contributed by atoms with Crippen LogP contribution in [-0.2, 0) is 25.7 Å². The van der Waals surface area contributed by atoms with E-state index in [1.165, 1.54) is 10.7 Å². The first-order chi connectivity index (χ1) is 14.8. The van der Waals surface area contributed by atoms with Crippen molar-refractivity contribution >= 4 is 22.5 Å². The average Bonchev–Trinajstić information content (AvgIpc) is 3.35. The minimum Gasteiger partial charge on any atom is -0.494 e. The van der Waals surface area contributed by atoms with Crippen molar-refractivity contribution in [3.05, 3.63) is 47.3 Å². The third-order valence-electron chi connectivity index (χ3n) is 5.18. The molecule has 1 aliphatic heterocycles. The molecule has 3 aromatic heterocycles. The lowest BCUT2D eigenvalue weighted by atomic mass is 10.2. The molecule has 1 aliphatic rings. The Morgan fingerprint density at radius 2 is 2.00 bits per heavy atom. The van der Waals surface area contributed by atoms with E-state index in [0.717, 1.165) is 5.39 Å². The van der Waals surface area contributed by atoms with Gasteiger partial charge < -0.3 is 10.5 Å². The van der Waals surface area contributed by atoms with Gasteiger partial charge >= 0.3 is 6.18 Å². The van der Waals surface area contributed by atoms with Crippen molar-refractivity contribution < 1.29 is 17.9 Å². The van der Waals surface area contributed by atoms with Crippen LogP contribution in [0.3, 0.4) is 0 Å². The first-order valence-corrected chi connectivity index (χ1v) is 9.45. The van der Waals surface area contributed by atoms with Crippen LogP contribution in [0, 0.1) is 0 Å². The Labute approximate surface area is 173 Å². The number of nitrogen functional groups attached to an aromatic ring is 1. The second kappa shape index (κ2) is 7.01. The minimum atomic E-state index is -4.55. The van der Waals surface area contributed by atoms with Gasteiger partial charge in [0.2, 0.25) is 11.8 Å². The van der Waals surface area contributed by atoms with Crippen molar-refractivity contribution in [2.45, 2.75) is 25.7 Å². The molecule has 0 saturated carbocycles. The van der Waals surface area contributed by atoms with Crippen LogP contribution in [0.25, 0.3) is 16.6 Å². The number of aromatic nitrogens is 6. The van der Waals surface area contributed by atoms with E-state index < -0.39 is 12.0 Å². The van der Waals surface area contributed by atoms with Gasteiger partial charge in [-0.15, -0.1) is 5.10 Å². The first-order valence-electron chi connectivity index (χ1n) is 9.45. The van der Waals surface area contributed by atoms with E-state index in [0.29, 0.717) is 60.1 Å². The van der Waals surface area contributed by atoms with Gasteiger partial charge in [-0.25, -0.2) is 19.9 Å². The molecule has 4 aromatic rings. The summed E-state index contributed by atoms with van der Waals surface area (Å²) >= 11 is 0. The number of alkyl halides is 3. The molecule has 1 aromatic carbocycles. The van der Waals surface area contributed by atoms with E-state index in [1.807, 2.05) is 17.0 Å². The van der Waals surface area contributed by atoms with Crippen LogP contribution in [-0.4, -0.2) is 48.1 Å². The molecule has 0 fully saturated rings. The van der Waals surface area contributed by atoms with E-state index in [1.54, 1.807) is 13.2 Å². The minimum absolute atomic E-state index is 0.189. The second-order valence-electron chi connectivity index (χ2n) is 7.21. The molecular weight excluding hydrogens is 413 g/mol. The SMILES string of the molecule is COc1cccc2c1nc(N)n1nc(CCN3Cc4cnc(C(F)(F)F)nc4C3)nc21. The van der Waals surface area contributed by atoms with Crippen molar-refractivity contribution in [1.29, 1.82) is 0 Å². The number of benzene rings is 1. The molecule has 5 rings (SSSR count). The van der Waals surface area contributed by atoms with Crippen molar-refractivity contribution in [3.8, 4) is 5.75 Å². The Morgan fingerprint density at radius 1 is 1.16 bits per heavy atom. The summed E-state index contributed by atoms with van der Waals surface area (Å²) in [4.78, 5) is 18.1. The molecule has 0 unspecified atom stereocenters. The molecule has 0 bridgehead atoms. The van der Waals surface area contributed by atoms with Crippen LogP contribution < -0.4 is 10.5 Å². The summed E-state index contributed by atoms with van der Waals surface area (Å²) in [6, 6.07) is 5.50. The zero-order valence-corrected chi connectivity index (χ0v) is 16.4. The van der Waals surface area contributed by atoms with Crippen molar-refractivity contribution in [1.82, 2.24) is 34.4 Å². The van der Waals surface area contributed by atoms with E-state index in [-0.39, 0.29) is 5.95 Å². The summed E-state index contributed by atoms with van der Waals surface area (Å²) in [7, 11) is 1.56. The number of rotatable bonds is 4. The zero-order valence-electron chi connectivity index (χ0n) is 16.4. The highest BCUT2D eigenvalue weighted by Gasteiger charge is 2.36. The Hall–Kier alpha value is -3.54. The molecule has 160 valence electrons. The molecule has 12 heteroatoms. The van der Waals surface area contributed by atoms with Gasteiger partial charge in [0.1, 0.15) is 11.3 Å². The summed E-state index contributed by atoms with van der Waals surface area (Å²) in [5.41, 5.74) is 8.33. The van der Waals surface area contributed by atoms with E-state index >= 15 is 0 Å². The highest BCUT2D eigenvalue weighted by atomic mass is 19.4. The van der Waals surface area contributed by atoms with Crippen LogP contribution in [0.4, 0.5) is 19.1 Å². The van der Waals surface area contributed by atoms with Crippen molar-refractivity contribution in [2.24, 2.45) is 0 Å². The molecule has 0 aliphatic carbocycles. The number of hydrogen-bond acceptors (Lipinski definition) is 8. The third-order valence-corrected chi connectivity index (χ3v) is 5.18. The fraction of sp³-hybridized carbons (Fsp3) is 0.316. The van der Waals surface area contributed by atoms with Gasteiger partial charge in [-0.2, -0.15) is 17.7 Å². The topological polar surface area (TPSA) is 107 Å². The fourth-order valence-electron chi connectivity index (χ4n) is 3.71. The third kappa shape index (κ3) is 3.38. The number of nitrogens with two attached hydrogens (primary N) is 1. The summed E-state index contributed by atoms with van der Waals surface area (Å²) < 4.78 is 45.3. The number of ether oxygens (including phenoxy) is 1. The fourth-order valence-corrected chi connectivity index (χ4v) is 3.71. The molecule has 4 heterocycles. The number of para-hydroxylation sites is 1. The van der Waals surface area contributed by atoms with Crippen LogP contribution in [0.2, 0.25) is 0 Å². The summed E-state index contributed by atoms with van der Waals surface area (Å²) in [6.07, 6.45) is -2.82. The first kappa shape index (κ1) is 19.4. The smallest absolute Gasteiger partial charge is 0.451 e. The zero-order chi connectivity index (χ0) is 21.8. The van der Waals surface area contributed by atoms with Crippen LogP contribution >= 0.6 is 0 Å². The van der Waals surface area contributed by atoms with E-state index in [2.05, 4.69) is 25.0 Å². The molecule has 2 N–H and O–H groups in total. The van der Waals surface area contributed by atoms with E-state index in [4.69, 9.17) is 10.5 Å². The summed E-state index contributed by atoms with van der Waals surface area (Å²) in [5, 5.41) is 5.21. The van der Waals surface area contributed by atoms with Gasteiger partial charge in [0, 0.05) is 43.2 Å². The summed E-state index contributed by atoms with van der Waals surface area (Å²) in [6.45, 7) is 1.34. The van der Waals surface area contributed by atoms with Crippen molar-refractivity contribution in [3.63, 3.8) is 0 Å². The van der Waals surface area contributed by atoms with Gasteiger partial charge in [-0.3, -0.25) is 4.90 Å². The van der Waals surface area contributed by atoms with Gasteiger partial charge in [-0.05, 0) is 12.1 Å². The monoisotopic (exact) mass is 430 g/mol. The normalized spacial score (nSPS) is 14.5. The predicted molar refractivity (Wildman–Crippen MR) is 104 cm³/mol. The second-order valence-corrected chi connectivity index (χ2v) is 7.21. The lowest BCUT2D eigenvalue weighted by molar-refractivity contribution is -0.145. The lowest BCUT2D eigenvalue weighted by Crippen LogP contribution is -2.20. The number of hydrogen-bond donors (Lipinski definition) is 1. The Bertz CT molecular complexity index is 1300. The van der Waals surface area contributed by atoms with Gasteiger partial charge in [0.25, 0.3) is 0 Å². The largest absolute Gasteiger partial charge is 0.494 e. The van der Waals surface area contributed by atoms with Gasteiger partial charge in [0.05, 0.1) is 12.8 Å². The Balaban J connectivity index is 1.37. The Kier molecular flexibility index (Phi) is 4.39. The standard InChI is InChI=1S/C19H17F3N8O/c1-31-13-4-2-3-11-15(13)27-18(23)30-16(11)26-14(28-30)5-6-29-8-10-7-24-17(19(20,21)22)25-12(10)9-29/h2-4,7H,5-6,8-9H2,1H3,(H2,23,27). The van der Waals surface area contributed by atoms with Gasteiger partial charge in [0.15, 0.2) is 11.5 Å². The van der Waals surface area contributed by atoms with Gasteiger partial charge in [-0.1, -0.05) is 6.07 Å². The number of methoxy groups -OCH3 is 1. The summed E-state index contributed by atoms with van der Waals surface area (Å²) in [5.74, 6) is 0.224. The molecule has 0 spiro atoms. The van der Waals surface area contributed by atoms with Crippen LogP contribution in [0.5, 0.6) is 5.75 Å². The van der Waals surface area contributed by atoms with Crippen molar-refractivity contribution in [2.75, 3.05) is 19.4 Å². The molecule has 0 saturated heterocycles. The Morgan fingerprint density at radius 3 is 2.77 bits per heavy atom. The maximum atomic E-state index is 12.8. The molecule has 0 radical (unpaired) electrons. The highest BCUT2D eigenvalue weighted by Crippen LogP contribution is 2.29. The number of anilines is 1. The van der Waals surface area contributed by atoms with Crippen LogP contribution in [0.15, 0.2) is 24.4 Å². The maximum Gasteiger partial charge on any atom is 0.451 e. The van der Waals surface area contributed by atoms with Crippen LogP contribution in [0.1, 0.15) is 22.9 Å². The molecule has 31 heavy (non-hydrogen) atoms. The molecule has 9 nitrogen and oxygen atoms in total. The number of fused-ring (bicyclic) bond motifs is 4. The van der Waals surface area contributed by atoms with E-state index in [9.17, 15) is 13.2 Å². The molecule has 0 amide bonds. The molecular formula is C19H17F3N8O. The number of nitrogens with zero attached hydrogens (tertiary/aromatic N) is 7. The maximum absolute atomic E-state index is 12.8. The lowest BCUT2D eigenvalue weighted by Gasteiger charge is -2.12. The molecule has 0 atom stereocenters. The highest BCUT2D eigenvalue weighted by molar-refractivity contribution is 5.95. The quantitative estimate of drug-likeness (QED) is 0.525. The number of halogens is 3.